The van der Waals surface area contributed by atoms with Gasteiger partial charge in [-0.1, -0.05) is 12.2 Å². The number of allylic oxidation sites excluding steroid dienone is 2. The number of carbonyl (C=O) groups excluding carboxylic acids is 2. The van der Waals surface area contributed by atoms with E-state index in [0.717, 1.165) is 12.8 Å². The van der Waals surface area contributed by atoms with Gasteiger partial charge in [-0.05, 0) is 54.8 Å². The van der Waals surface area contributed by atoms with Crippen molar-refractivity contribution >= 4 is 11.6 Å². The number of fused-ring (bicyclic) bond motifs is 2. The highest BCUT2D eigenvalue weighted by atomic mass is 16.2. The van der Waals surface area contributed by atoms with Crippen molar-refractivity contribution in [1.82, 2.24) is 0 Å². The maximum Gasteiger partial charge on any atom is 0.144 e. The van der Waals surface area contributed by atoms with Gasteiger partial charge in [0.2, 0.25) is 0 Å². The van der Waals surface area contributed by atoms with Gasteiger partial charge in [-0.2, -0.15) is 0 Å². The molecule has 0 heterocycles. The van der Waals surface area contributed by atoms with Crippen LogP contribution in [0.3, 0.4) is 0 Å². The summed E-state index contributed by atoms with van der Waals surface area (Å²) >= 11 is 0. The fraction of sp³-hybridized carbons (Fsp3) is 0.684. The van der Waals surface area contributed by atoms with Crippen LogP contribution < -0.4 is 0 Å². The number of carbonyl (C=O) groups is 2. The molecule has 2 bridgehead atoms. The Kier molecular flexibility index (Phi) is 1.48. The lowest BCUT2D eigenvalue weighted by atomic mass is 9.37. The number of rotatable bonds is 4. The van der Waals surface area contributed by atoms with Gasteiger partial charge in [-0.3, -0.25) is 9.59 Å². The third-order valence-corrected chi connectivity index (χ3v) is 8.83. The van der Waals surface area contributed by atoms with Gasteiger partial charge in [0, 0.05) is 22.7 Å². The van der Waals surface area contributed by atoms with Crippen molar-refractivity contribution in [2.45, 2.75) is 25.7 Å². The average Bonchev–Trinajstić information content (AvgIpc) is 3.11. The summed E-state index contributed by atoms with van der Waals surface area (Å²) in [5.41, 5.74) is -0.354. The molecule has 0 aliphatic heterocycles. The Hall–Kier alpha value is -1.18. The molecule has 0 aromatic rings. The number of hydrogen-bond donors (Lipinski definition) is 0. The average molecular weight is 280 g/mol. The molecule has 0 radical (unpaired) electrons. The second-order valence-electron chi connectivity index (χ2n) is 8.54. The van der Waals surface area contributed by atoms with E-state index in [1.54, 1.807) is 0 Å². The minimum atomic E-state index is -0.378. The van der Waals surface area contributed by atoms with E-state index in [2.05, 4.69) is 13.2 Å². The Morgan fingerprint density at radius 1 is 0.857 bits per heavy atom. The molecule has 2 nitrogen and oxygen atoms in total. The summed E-state index contributed by atoms with van der Waals surface area (Å²) < 4.78 is 0. The predicted molar refractivity (Wildman–Crippen MR) is 77.1 cm³/mol. The fourth-order valence-electron chi connectivity index (χ4n) is 8.84. The quantitative estimate of drug-likeness (QED) is 0.742. The van der Waals surface area contributed by atoms with Crippen LogP contribution in [0.15, 0.2) is 25.3 Å². The zero-order valence-corrected chi connectivity index (χ0v) is 12.2. The standard InChI is InChI=1S/C19H20O2/c1-3-5-18-13-11-9(15(18)20)10-12(17(11)7-8-17)14(13)19(18,6-4-2)16(10)21/h3-4,9-14H,1-2,5-8H2/t9-,10+,11?,12?,13?,14?,18-,19+. The molecule has 0 N–H and O–H groups in total. The van der Waals surface area contributed by atoms with Crippen molar-refractivity contribution in [3.8, 4) is 0 Å². The van der Waals surface area contributed by atoms with E-state index in [0.29, 0.717) is 40.7 Å². The topological polar surface area (TPSA) is 34.1 Å². The zero-order chi connectivity index (χ0) is 14.4. The summed E-state index contributed by atoms with van der Waals surface area (Å²) in [5.74, 6) is 3.19. The molecule has 108 valence electrons. The molecular formula is C19H20O2. The fourth-order valence-corrected chi connectivity index (χ4v) is 8.84. The molecule has 6 aliphatic carbocycles. The normalized spacial score (nSPS) is 61.7. The maximum absolute atomic E-state index is 13.3. The van der Waals surface area contributed by atoms with Gasteiger partial charge in [0.15, 0.2) is 0 Å². The molecule has 0 aromatic carbocycles. The summed E-state index contributed by atoms with van der Waals surface area (Å²) in [5, 5.41) is 0. The third-order valence-electron chi connectivity index (χ3n) is 8.83. The third kappa shape index (κ3) is 0.675. The molecule has 1 spiro atoms. The van der Waals surface area contributed by atoms with E-state index >= 15 is 0 Å². The lowest BCUT2D eigenvalue weighted by Gasteiger charge is -2.62. The van der Waals surface area contributed by atoms with Crippen LogP contribution in [0, 0.1) is 51.8 Å². The van der Waals surface area contributed by atoms with Crippen molar-refractivity contribution in [2.24, 2.45) is 51.8 Å². The van der Waals surface area contributed by atoms with Crippen molar-refractivity contribution in [2.75, 3.05) is 0 Å². The smallest absolute Gasteiger partial charge is 0.144 e. The first kappa shape index (κ1) is 11.4. The van der Waals surface area contributed by atoms with E-state index < -0.39 is 0 Å². The summed E-state index contributed by atoms with van der Waals surface area (Å²) in [6.07, 6.45) is 7.78. The molecule has 6 saturated carbocycles. The highest BCUT2D eigenvalue weighted by molar-refractivity contribution is 6.12. The predicted octanol–water partition coefficient (Wildman–Crippen LogP) is 2.80. The largest absolute Gasteiger partial charge is 0.299 e. The van der Waals surface area contributed by atoms with Gasteiger partial charge in [0.1, 0.15) is 11.6 Å². The summed E-state index contributed by atoms with van der Waals surface area (Å²) in [7, 11) is 0. The number of Topliss-reactive ketones (excluding diaryl/α,β-unsaturated/α-hetero) is 2. The van der Waals surface area contributed by atoms with Crippen LogP contribution in [0.4, 0.5) is 0 Å². The molecular weight excluding hydrogens is 260 g/mol. The zero-order valence-electron chi connectivity index (χ0n) is 12.2. The molecule has 0 aromatic heterocycles. The highest BCUT2D eigenvalue weighted by Crippen LogP contribution is 2.97. The summed E-state index contributed by atoms with van der Waals surface area (Å²) in [6, 6.07) is 0. The Balaban J connectivity index is 1.69. The van der Waals surface area contributed by atoms with E-state index in [-0.39, 0.29) is 22.7 Å². The van der Waals surface area contributed by atoms with Gasteiger partial charge in [0.05, 0.1) is 0 Å². The molecule has 4 unspecified atom stereocenters. The van der Waals surface area contributed by atoms with E-state index in [9.17, 15) is 9.59 Å². The molecule has 6 aliphatic rings. The van der Waals surface area contributed by atoms with Gasteiger partial charge in [-0.15, -0.1) is 13.2 Å². The van der Waals surface area contributed by atoms with Crippen molar-refractivity contribution in [1.29, 1.82) is 0 Å². The monoisotopic (exact) mass is 280 g/mol. The van der Waals surface area contributed by atoms with E-state index in [1.165, 1.54) is 12.8 Å². The Morgan fingerprint density at radius 2 is 1.29 bits per heavy atom. The second kappa shape index (κ2) is 2.73. The van der Waals surface area contributed by atoms with E-state index in [4.69, 9.17) is 0 Å². The lowest BCUT2D eigenvalue weighted by Crippen LogP contribution is -2.67. The highest BCUT2D eigenvalue weighted by Gasteiger charge is 3.00. The van der Waals surface area contributed by atoms with Crippen LogP contribution in [0.25, 0.3) is 0 Å². The molecule has 0 saturated heterocycles. The summed E-state index contributed by atoms with van der Waals surface area (Å²) in [4.78, 5) is 26.6. The lowest BCUT2D eigenvalue weighted by molar-refractivity contribution is -0.189. The van der Waals surface area contributed by atoms with Crippen LogP contribution in [0.5, 0.6) is 0 Å². The second-order valence-corrected chi connectivity index (χ2v) is 8.54. The molecule has 21 heavy (non-hydrogen) atoms. The van der Waals surface area contributed by atoms with Gasteiger partial charge in [0.25, 0.3) is 0 Å². The van der Waals surface area contributed by atoms with Crippen molar-refractivity contribution in [3.05, 3.63) is 25.3 Å². The van der Waals surface area contributed by atoms with Crippen LogP contribution in [-0.4, -0.2) is 11.6 Å². The molecule has 6 fully saturated rings. The SMILES string of the molecule is C=CC[C@]12C(=O)[C@H]3C4C1C1C([C@H]3C(=O)[C@]12CC=C)C41CC1. The van der Waals surface area contributed by atoms with Crippen LogP contribution in [-0.2, 0) is 9.59 Å². The molecule has 6 rings (SSSR count). The Morgan fingerprint density at radius 3 is 1.62 bits per heavy atom. The Labute approximate surface area is 124 Å². The van der Waals surface area contributed by atoms with Crippen LogP contribution >= 0.6 is 0 Å². The maximum atomic E-state index is 13.3. The van der Waals surface area contributed by atoms with Gasteiger partial charge in [-0.25, -0.2) is 0 Å². The molecule has 0 amide bonds. The van der Waals surface area contributed by atoms with Crippen molar-refractivity contribution in [3.63, 3.8) is 0 Å². The number of hydrogen-bond acceptors (Lipinski definition) is 2. The van der Waals surface area contributed by atoms with Gasteiger partial charge >= 0.3 is 0 Å². The minimum absolute atomic E-state index is 0.0895. The molecule has 8 atom stereocenters. The molecule has 2 heteroatoms. The first-order valence-electron chi connectivity index (χ1n) is 8.44. The summed E-state index contributed by atoms with van der Waals surface area (Å²) in [6.45, 7) is 7.82. The minimum Gasteiger partial charge on any atom is -0.299 e. The first-order valence-corrected chi connectivity index (χ1v) is 8.44. The van der Waals surface area contributed by atoms with Crippen LogP contribution in [0.2, 0.25) is 0 Å². The number of ketones is 2. The van der Waals surface area contributed by atoms with Crippen LogP contribution in [0.1, 0.15) is 25.7 Å². The van der Waals surface area contributed by atoms with Gasteiger partial charge < -0.3 is 0 Å². The first-order chi connectivity index (χ1) is 10.1. The van der Waals surface area contributed by atoms with E-state index in [1.807, 2.05) is 12.2 Å². The Bertz CT molecular complexity index is 617. The van der Waals surface area contributed by atoms with Crippen molar-refractivity contribution < 1.29 is 9.59 Å².